The van der Waals surface area contributed by atoms with E-state index < -0.39 is 31.3 Å². The molecule has 9 heteroatoms. The van der Waals surface area contributed by atoms with Gasteiger partial charge in [0.2, 0.25) is 10.0 Å². The summed E-state index contributed by atoms with van der Waals surface area (Å²) in [7, 11) is -4.08. The summed E-state index contributed by atoms with van der Waals surface area (Å²) < 4.78 is 39.2. The van der Waals surface area contributed by atoms with Crippen LogP contribution in [0.5, 0.6) is 0 Å². The van der Waals surface area contributed by atoms with E-state index in [0.717, 1.165) is 12.1 Å². The van der Waals surface area contributed by atoms with E-state index in [9.17, 15) is 22.9 Å². The highest BCUT2D eigenvalue weighted by Crippen LogP contribution is 2.24. The van der Waals surface area contributed by atoms with Crippen LogP contribution in [0.15, 0.2) is 23.1 Å². The Morgan fingerprint density at radius 3 is 2.71 bits per heavy atom. The fraction of sp³-hybridized carbons (Fsp3) is 0.500. The topological polar surface area (TPSA) is 110 Å². The average Bonchev–Trinajstić information content (AvgIpc) is 2.42. The van der Waals surface area contributed by atoms with Crippen LogP contribution in [0.25, 0.3) is 0 Å². The van der Waals surface area contributed by atoms with Crippen LogP contribution in [0.2, 0.25) is 0 Å². The summed E-state index contributed by atoms with van der Waals surface area (Å²) >= 11 is 0. The van der Waals surface area contributed by atoms with Crippen LogP contribution >= 0.6 is 0 Å². The molecule has 2 N–H and O–H groups in total. The minimum atomic E-state index is -4.08. The van der Waals surface area contributed by atoms with Gasteiger partial charge in [0.1, 0.15) is 5.82 Å². The largest absolute Gasteiger partial charge is 0.396 e. The Morgan fingerprint density at radius 1 is 1.48 bits per heavy atom. The van der Waals surface area contributed by atoms with E-state index in [1.807, 2.05) is 6.92 Å². The second-order valence-corrected chi connectivity index (χ2v) is 6.43. The number of rotatable bonds is 8. The molecule has 0 bridgehead atoms. The Bertz CT molecular complexity index is 606. The lowest BCUT2D eigenvalue weighted by atomic mass is 10.1. The van der Waals surface area contributed by atoms with Gasteiger partial charge in [0.25, 0.3) is 5.69 Å². The number of hydrogen-bond acceptors (Lipinski definition) is 5. The molecule has 1 atom stereocenters. The Hall–Kier alpha value is -1.58. The summed E-state index contributed by atoms with van der Waals surface area (Å²) in [4.78, 5) is 9.29. The fourth-order valence-corrected chi connectivity index (χ4v) is 2.91. The summed E-state index contributed by atoms with van der Waals surface area (Å²) in [5.41, 5.74) is -0.800. The van der Waals surface area contributed by atoms with Gasteiger partial charge < -0.3 is 5.11 Å². The first-order valence-electron chi connectivity index (χ1n) is 6.32. The first-order valence-corrected chi connectivity index (χ1v) is 7.80. The monoisotopic (exact) mass is 320 g/mol. The second kappa shape index (κ2) is 7.43. The molecular formula is C12H17FN2O5S. The first kappa shape index (κ1) is 17.5. The summed E-state index contributed by atoms with van der Waals surface area (Å²) in [6, 6.07) is 2.30. The maximum atomic E-state index is 13.0. The molecule has 7 nitrogen and oxygen atoms in total. The first-order chi connectivity index (χ1) is 9.77. The third-order valence-electron chi connectivity index (χ3n) is 2.88. The maximum absolute atomic E-state index is 13.0. The van der Waals surface area contributed by atoms with Crippen LogP contribution in [0.4, 0.5) is 10.1 Å². The highest BCUT2D eigenvalue weighted by molar-refractivity contribution is 7.89. The molecule has 21 heavy (non-hydrogen) atoms. The molecule has 0 saturated carbocycles. The molecule has 0 aromatic heterocycles. The van der Waals surface area contributed by atoms with E-state index >= 15 is 0 Å². The molecule has 0 aliphatic rings. The van der Waals surface area contributed by atoms with Crippen molar-refractivity contribution in [1.82, 2.24) is 4.72 Å². The van der Waals surface area contributed by atoms with Crippen molar-refractivity contribution in [2.45, 2.75) is 24.7 Å². The highest BCUT2D eigenvalue weighted by atomic mass is 32.2. The van der Waals surface area contributed by atoms with Crippen LogP contribution in [-0.4, -0.2) is 31.6 Å². The zero-order valence-electron chi connectivity index (χ0n) is 11.5. The lowest BCUT2D eigenvalue weighted by Crippen LogP contribution is -2.26. The Labute approximate surface area is 122 Å². The average molecular weight is 320 g/mol. The van der Waals surface area contributed by atoms with E-state index in [1.54, 1.807) is 0 Å². The van der Waals surface area contributed by atoms with Gasteiger partial charge in [-0.05, 0) is 30.9 Å². The molecule has 0 spiro atoms. The summed E-state index contributed by atoms with van der Waals surface area (Å²) in [6.07, 6.45) is 1.10. The molecule has 1 aromatic rings. The molecule has 1 rings (SSSR count). The minimum Gasteiger partial charge on any atom is -0.396 e. The van der Waals surface area contributed by atoms with Crippen LogP contribution in [0.3, 0.4) is 0 Å². The Balaban J connectivity index is 2.81. The summed E-state index contributed by atoms with van der Waals surface area (Å²) in [5.74, 6) is -0.827. The number of nitro groups is 1. The number of nitro benzene ring substituents is 1. The number of benzene rings is 1. The van der Waals surface area contributed by atoms with Gasteiger partial charge in [-0.25, -0.2) is 17.5 Å². The molecule has 0 saturated heterocycles. The Morgan fingerprint density at radius 2 is 2.14 bits per heavy atom. The Kier molecular flexibility index (Phi) is 6.19. The number of halogens is 1. The van der Waals surface area contributed by atoms with Crippen LogP contribution in [0, 0.1) is 21.8 Å². The van der Waals surface area contributed by atoms with Crippen molar-refractivity contribution in [3.8, 4) is 0 Å². The van der Waals surface area contributed by atoms with Gasteiger partial charge in [0.05, 0.1) is 11.0 Å². The van der Waals surface area contributed by atoms with Gasteiger partial charge in [0.15, 0.2) is 4.90 Å². The van der Waals surface area contributed by atoms with Crippen LogP contribution in [0.1, 0.15) is 19.8 Å². The van der Waals surface area contributed by atoms with Crippen molar-refractivity contribution in [2.75, 3.05) is 13.2 Å². The summed E-state index contributed by atoms with van der Waals surface area (Å²) in [6.45, 7) is 1.91. The molecule has 0 amide bonds. The summed E-state index contributed by atoms with van der Waals surface area (Å²) in [5, 5.41) is 19.6. The zero-order chi connectivity index (χ0) is 16.0. The number of sulfonamides is 1. The molecule has 0 radical (unpaired) electrons. The fourth-order valence-electron chi connectivity index (χ4n) is 1.69. The number of nitrogens with one attached hydrogen (secondary N) is 1. The molecule has 0 fully saturated rings. The molecule has 1 aromatic carbocycles. The molecule has 118 valence electrons. The van der Waals surface area contributed by atoms with E-state index in [-0.39, 0.29) is 19.1 Å². The van der Waals surface area contributed by atoms with Gasteiger partial charge in [-0.15, -0.1) is 0 Å². The lowest BCUT2D eigenvalue weighted by Gasteiger charge is -2.09. The van der Waals surface area contributed by atoms with Crippen molar-refractivity contribution in [3.05, 3.63) is 34.1 Å². The van der Waals surface area contributed by atoms with Crippen molar-refractivity contribution >= 4 is 15.7 Å². The predicted octanol–water partition coefficient (Wildman–Crippen LogP) is 1.42. The molecule has 0 aliphatic heterocycles. The highest BCUT2D eigenvalue weighted by Gasteiger charge is 2.25. The van der Waals surface area contributed by atoms with Gasteiger partial charge >= 0.3 is 0 Å². The van der Waals surface area contributed by atoms with Crippen molar-refractivity contribution in [3.63, 3.8) is 0 Å². The van der Waals surface area contributed by atoms with Crippen LogP contribution < -0.4 is 4.72 Å². The maximum Gasteiger partial charge on any atom is 0.292 e. The van der Waals surface area contributed by atoms with Crippen LogP contribution in [-0.2, 0) is 10.0 Å². The van der Waals surface area contributed by atoms with Crippen molar-refractivity contribution in [1.29, 1.82) is 0 Å². The van der Waals surface area contributed by atoms with Crippen molar-refractivity contribution < 1.29 is 22.8 Å². The second-order valence-electron chi connectivity index (χ2n) is 4.70. The smallest absolute Gasteiger partial charge is 0.292 e. The molecule has 1 unspecified atom stereocenters. The lowest BCUT2D eigenvalue weighted by molar-refractivity contribution is -0.388. The number of aliphatic hydroxyl groups is 1. The van der Waals surface area contributed by atoms with Gasteiger partial charge in [-0.1, -0.05) is 6.92 Å². The van der Waals surface area contributed by atoms with Crippen molar-refractivity contribution in [2.24, 2.45) is 5.92 Å². The van der Waals surface area contributed by atoms with Gasteiger partial charge in [-0.3, -0.25) is 10.1 Å². The number of aliphatic hydroxyl groups excluding tert-OH is 1. The normalized spacial score (nSPS) is 13.1. The third-order valence-corrected chi connectivity index (χ3v) is 4.39. The van der Waals surface area contributed by atoms with E-state index in [2.05, 4.69) is 4.72 Å². The SMILES string of the molecule is CC(CO)CCCNS(=O)(=O)c1ccc(F)cc1[N+](=O)[O-]. The minimum absolute atomic E-state index is 0.0101. The predicted molar refractivity (Wildman–Crippen MR) is 73.7 cm³/mol. The number of hydrogen-bond donors (Lipinski definition) is 2. The zero-order valence-corrected chi connectivity index (χ0v) is 12.3. The quantitative estimate of drug-likeness (QED) is 0.428. The van der Waals surface area contributed by atoms with E-state index in [0.29, 0.717) is 18.9 Å². The third kappa shape index (κ3) is 5.03. The number of nitrogens with zero attached hydrogens (tertiary/aromatic N) is 1. The van der Waals surface area contributed by atoms with E-state index in [4.69, 9.17) is 5.11 Å². The van der Waals surface area contributed by atoms with Gasteiger partial charge in [0, 0.05) is 13.2 Å². The van der Waals surface area contributed by atoms with E-state index in [1.165, 1.54) is 0 Å². The van der Waals surface area contributed by atoms with Gasteiger partial charge in [-0.2, -0.15) is 0 Å². The standard InChI is InChI=1S/C12H17FN2O5S/c1-9(8-16)3-2-6-14-21(19,20)12-5-4-10(13)7-11(12)15(17)18/h4-5,7,9,14,16H,2-3,6,8H2,1H3. The molecular weight excluding hydrogens is 303 g/mol. The molecule has 0 aliphatic carbocycles. The molecule has 0 heterocycles.